The molecule has 6 nitrogen and oxygen atoms in total. The van der Waals surface area contributed by atoms with Crippen LogP contribution in [-0.4, -0.2) is 36.8 Å². The molecule has 20 heavy (non-hydrogen) atoms. The van der Waals surface area contributed by atoms with Gasteiger partial charge in [0.25, 0.3) is 0 Å². The summed E-state index contributed by atoms with van der Waals surface area (Å²) < 4.78 is 21.7. The predicted molar refractivity (Wildman–Crippen MR) is 75.3 cm³/mol. The summed E-state index contributed by atoms with van der Waals surface area (Å²) in [6.45, 7) is 0.112. The molecule has 1 unspecified atom stereocenters. The van der Waals surface area contributed by atoms with Crippen LogP contribution in [0.25, 0.3) is 0 Å². The van der Waals surface area contributed by atoms with E-state index in [0.717, 1.165) is 25.7 Å². The van der Waals surface area contributed by atoms with Crippen LogP contribution in [0.5, 0.6) is 0 Å². The second-order valence-corrected chi connectivity index (χ2v) is 7.94. The Kier molecular flexibility index (Phi) is 4.71. The van der Waals surface area contributed by atoms with Gasteiger partial charge in [0, 0.05) is 6.54 Å². The van der Waals surface area contributed by atoms with Gasteiger partial charge in [-0.2, -0.15) is 0 Å². The molecule has 0 radical (unpaired) electrons. The van der Waals surface area contributed by atoms with Crippen molar-refractivity contribution in [3.8, 4) is 0 Å². The SMILES string of the molecule is NS(=O)(=O)C1(C(=O)NCC(O)C2CCCCC2)CCC1. The second kappa shape index (κ2) is 5.99. The normalized spacial score (nSPS) is 24.7. The Morgan fingerprint density at radius 2 is 1.85 bits per heavy atom. The lowest BCUT2D eigenvalue weighted by Gasteiger charge is -2.38. The average Bonchev–Trinajstić information content (AvgIpc) is 2.33. The van der Waals surface area contributed by atoms with Crippen molar-refractivity contribution >= 4 is 15.9 Å². The highest BCUT2D eigenvalue weighted by atomic mass is 32.2. The van der Waals surface area contributed by atoms with Crippen LogP contribution in [0.1, 0.15) is 51.4 Å². The molecule has 0 spiro atoms. The van der Waals surface area contributed by atoms with Crippen LogP contribution in [0, 0.1) is 5.92 Å². The number of amides is 1. The van der Waals surface area contributed by atoms with Gasteiger partial charge in [0.05, 0.1) is 6.10 Å². The van der Waals surface area contributed by atoms with Crippen molar-refractivity contribution in [2.24, 2.45) is 11.1 Å². The van der Waals surface area contributed by atoms with Gasteiger partial charge in [0.15, 0.2) is 4.75 Å². The molecule has 1 amide bonds. The molecule has 2 rings (SSSR count). The quantitative estimate of drug-likeness (QED) is 0.676. The number of sulfonamides is 1. The first-order chi connectivity index (χ1) is 9.37. The molecule has 0 aromatic carbocycles. The third kappa shape index (κ3) is 2.99. The Morgan fingerprint density at radius 1 is 1.25 bits per heavy atom. The Hall–Kier alpha value is -0.660. The number of nitrogens with one attached hydrogen (secondary N) is 1. The molecule has 4 N–H and O–H groups in total. The van der Waals surface area contributed by atoms with Crippen molar-refractivity contribution in [2.45, 2.75) is 62.2 Å². The molecule has 2 aliphatic rings. The molecule has 116 valence electrons. The maximum Gasteiger partial charge on any atom is 0.242 e. The molecule has 0 aliphatic heterocycles. The maximum atomic E-state index is 12.1. The van der Waals surface area contributed by atoms with Crippen LogP contribution in [0.4, 0.5) is 0 Å². The van der Waals surface area contributed by atoms with Gasteiger partial charge in [-0.05, 0) is 38.0 Å². The van der Waals surface area contributed by atoms with E-state index in [1.165, 1.54) is 6.42 Å². The van der Waals surface area contributed by atoms with E-state index >= 15 is 0 Å². The lowest BCUT2D eigenvalue weighted by molar-refractivity contribution is -0.126. The number of carbonyl (C=O) groups is 1. The number of hydrogen-bond acceptors (Lipinski definition) is 4. The highest BCUT2D eigenvalue weighted by Crippen LogP contribution is 2.38. The van der Waals surface area contributed by atoms with Crippen LogP contribution in [0.3, 0.4) is 0 Å². The monoisotopic (exact) mass is 304 g/mol. The molecule has 0 aromatic heterocycles. The summed E-state index contributed by atoms with van der Waals surface area (Å²) in [5.74, 6) is -0.350. The van der Waals surface area contributed by atoms with Crippen LogP contribution < -0.4 is 10.5 Å². The van der Waals surface area contributed by atoms with E-state index in [0.29, 0.717) is 6.42 Å². The lowest BCUT2D eigenvalue weighted by Crippen LogP contribution is -2.60. The van der Waals surface area contributed by atoms with Gasteiger partial charge in [-0.25, -0.2) is 13.6 Å². The molecule has 2 fully saturated rings. The minimum atomic E-state index is -3.89. The van der Waals surface area contributed by atoms with Crippen molar-refractivity contribution in [3.63, 3.8) is 0 Å². The molecule has 2 aliphatic carbocycles. The molecule has 0 heterocycles. The van der Waals surface area contributed by atoms with E-state index < -0.39 is 26.8 Å². The summed E-state index contributed by atoms with van der Waals surface area (Å²) in [5, 5.41) is 17.8. The van der Waals surface area contributed by atoms with Crippen molar-refractivity contribution in [3.05, 3.63) is 0 Å². The Balaban J connectivity index is 1.88. The molecule has 1 atom stereocenters. The van der Waals surface area contributed by atoms with Gasteiger partial charge in [-0.15, -0.1) is 0 Å². The summed E-state index contributed by atoms with van der Waals surface area (Å²) in [6.07, 6.45) is 5.99. The zero-order valence-electron chi connectivity index (χ0n) is 11.7. The highest BCUT2D eigenvalue weighted by Gasteiger charge is 2.53. The average molecular weight is 304 g/mol. The fraction of sp³-hybridized carbons (Fsp3) is 0.923. The minimum Gasteiger partial charge on any atom is -0.391 e. The number of primary sulfonamides is 1. The molecule has 0 saturated heterocycles. The zero-order valence-corrected chi connectivity index (χ0v) is 12.5. The summed E-state index contributed by atoms with van der Waals surface area (Å²) in [5.41, 5.74) is 0. The second-order valence-electron chi connectivity index (χ2n) is 6.07. The van der Waals surface area contributed by atoms with Crippen molar-refractivity contribution in [1.82, 2.24) is 5.32 Å². The van der Waals surface area contributed by atoms with E-state index in [1.54, 1.807) is 0 Å². The van der Waals surface area contributed by atoms with Gasteiger partial charge in [0.1, 0.15) is 0 Å². The maximum absolute atomic E-state index is 12.1. The first-order valence-corrected chi connectivity index (χ1v) is 8.90. The third-order valence-electron chi connectivity index (χ3n) is 4.79. The predicted octanol–water partition coefficient (Wildman–Crippen LogP) is 0.255. The van der Waals surface area contributed by atoms with Gasteiger partial charge in [-0.1, -0.05) is 19.3 Å². The first-order valence-electron chi connectivity index (χ1n) is 7.35. The summed E-state index contributed by atoms with van der Waals surface area (Å²) in [6, 6.07) is 0. The zero-order chi connectivity index (χ0) is 14.8. The minimum absolute atomic E-state index is 0.112. The topological polar surface area (TPSA) is 109 Å². The molecular weight excluding hydrogens is 280 g/mol. The number of hydrogen-bond donors (Lipinski definition) is 3. The number of carbonyl (C=O) groups excluding carboxylic acids is 1. The molecule has 0 bridgehead atoms. The van der Waals surface area contributed by atoms with Crippen LogP contribution in [-0.2, 0) is 14.8 Å². The van der Waals surface area contributed by atoms with Crippen LogP contribution in [0.2, 0.25) is 0 Å². The van der Waals surface area contributed by atoms with E-state index in [-0.39, 0.29) is 25.3 Å². The standard InChI is InChI=1S/C13H24N2O4S/c14-20(18,19)13(7-4-8-13)12(17)15-9-11(16)10-5-2-1-3-6-10/h10-11,16H,1-9H2,(H,15,17)(H2,14,18,19). The molecular formula is C13H24N2O4S. The number of aliphatic hydroxyl groups is 1. The van der Waals surface area contributed by atoms with Gasteiger partial charge in [-0.3, -0.25) is 4.79 Å². The number of aliphatic hydroxyl groups excluding tert-OH is 1. The fourth-order valence-corrected chi connectivity index (χ4v) is 4.37. The largest absolute Gasteiger partial charge is 0.391 e. The van der Waals surface area contributed by atoms with Crippen LogP contribution >= 0.6 is 0 Å². The van der Waals surface area contributed by atoms with Crippen molar-refractivity contribution in [1.29, 1.82) is 0 Å². The lowest BCUT2D eigenvalue weighted by atomic mass is 9.83. The van der Waals surface area contributed by atoms with E-state index in [1.807, 2.05) is 0 Å². The fourth-order valence-electron chi connectivity index (χ4n) is 3.18. The number of nitrogens with two attached hydrogens (primary N) is 1. The third-order valence-corrected chi connectivity index (χ3v) is 6.47. The first kappa shape index (κ1) is 15.7. The molecule has 7 heteroatoms. The number of rotatable bonds is 5. The summed E-state index contributed by atoms with van der Waals surface area (Å²) in [4.78, 5) is 12.1. The Labute approximate surface area is 120 Å². The van der Waals surface area contributed by atoms with Gasteiger partial charge in [0.2, 0.25) is 15.9 Å². The smallest absolute Gasteiger partial charge is 0.242 e. The van der Waals surface area contributed by atoms with E-state index in [4.69, 9.17) is 5.14 Å². The molecule has 0 aromatic rings. The van der Waals surface area contributed by atoms with E-state index in [9.17, 15) is 18.3 Å². The Morgan fingerprint density at radius 3 is 2.30 bits per heavy atom. The van der Waals surface area contributed by atoms with E-state index in [2.05, 4.69) is 5.32 Å². The summed E-state index contributed by atoms with van der Waals surface area (Å²) in [7, 11) is -3.89. The Bertz CT molecular complexity index is 453. The van der Waals surface area contributed by atoms with Crippen molar-refractivity contribution in [2.75, 3.05) is 6.54 Å². The highest BCUT2D eigenvalue weighted by molar-refractivity contribution is 7.91. The van der Waals surface area contributed by atoms with Crippen LogP contribution in [0.15, 0.2) is 0 Å². The van der Waals surface area contributed by atoms with Gasteiger partial charge >= 0.3 is 0 Å². The van der Waals surface area contributed by atoms with Gasteiger partial charge < -0.3 is 10.4 Å². The van der Waals surface area contributed by atoms with Crippen molar-refractivity contribution < 1.29 is 18.3 Å². The molecule has 2 saturated carbocycles. The summed E-state index contributed by atoms with van der Waals surface area (Å²) >= 11 is 0.